The molecule has 1 saturated carbocycles. The van der Waals surface area contributed by atoms with Crippen molar-refractivity contribution in [3.63, 3.8) is 0 Å². The molecule has 1 heterocycles. The van der Waals surface area contributed by atoms with E-state index >= 15 is 0 Å². The highest BCUT2D eigenvalue weighted by atomic mass is 35.5. The lowest BCUT2D eigenvalue weighted by Gasteiger charge is -2.16. The molecule has 72 valence electrons. The third-order valence-corrected chi connectivity index (χ3v) is 2.19. The van der Waals surface area contributed by atoms with Crippen molar-refractivity contribution < 1.29 is 0 Å². The van der Waals surface area contributed by atoms with Crippen molar-refractivity contribution in [1.29, 1.82) is 0 Å². The van der Waals surface area contributed by atoms with Crippen LogP contribution in [-0.4, -0.2) is 15.6 Å². The van der Waals surface area contributed by atoms with Gasteiger partial charge in [-0.2, -0.15) is 5.10 Å². The molecule has 0 amide bonds. The second-order valence-corrected chi connectivity index (χ2v) is 3.40. The van der Waals surface area contributed by atoms with E-state index in [1.165, 1.54) is 19.3 Å². The zero-order valence-electron chi connectivity index (χ0n) is 7.28. The molecule has 1 aliphatic carbocycles. The summed E-state index contributed by atoms with van der Waals surface area (Å²) in [4.78, 5) is 0. The van der Waals surface area contributed by atoms with Gasteiger partial charge in [-0.25, -0.2) is 5.84 Å². The van der Waals surface area contributed by atoms with Gasteiger partial charge in [-0.3, -0.25) is 0 Å². The Morgan fingerprint density at radius 2 is 2.23 bits per heavy atom. The van der Waals surface area contributed by atoms with Crippen LogP contribution in [0.4, 0.5) is 5.82 Å². The molecule has 0 unspecified atom stereocenters. The molecule has 1 fully saturated rings. The summed E-state index contributed by atoms with van der Waals surface area (Å²) < 4.78 is 0. The van der Waals surface area contributed by atoms with E-state index in [4.69, 9.17) is 17.4 Å². The van der Waals surface area contributed by atoms with E-state index in [1.54, 1.807) is 18.3 Å². The summed E-state index contributed by atoms with van der Waals surface area (Å²) in [5, 5.41) is 7.71. The number of hydrogen-bond acceptors (Lipinski definition) is 4. The van der Waals surface area contributed by atoms with Crippen molar-refractivity contribution in [3.05, 3.63) is 18.3 Å². The van der Waals surface area contributed by atoms with E-state index in [1.807, 2.05) is 0 Å². The number of nitrogens with one attached hydrogen (secondary N) is 1. The first kappa shape index (κ1) is 10.2. The Hall–Kier alpha value is -0.870. The van der Waals surface area contributed by atoms with E-state index in [2.05, 4.69) is 15.6 Å². The number of alkyl halides is 1. The van der Waals surface area contributed by atoms with Gasteiger partial charge in [0.15, 0.2) is 5.82 Å². The van der Waals surface area contributed by atoms with Crippen LogP contribution in [0.5, 0.6) is 0 Å². The van der Waals surface area contributed by atoms with Crippen LogP contribution in [0.3, 0.4) is 0 Å². The Kier molecular flexibility index (Phi) is 4.49. The maximum atomic E-state index is 5.55. The van der Waals surface area contributed by atoms with Crippen molar-refractivity contribution >= 4 is 17.4 Å². The first-order valence-corrected chi connectivity index (χ1v) is 4.65. The molecule has 1 aromatic heterocycles. The molecule has 13 heavy (non-hydrogen) atoms. The third kappa shape index (κ3) is 4.05. The fourth-order valence-electron chi connectivity index (χ4n) is 0.737. The predicted octanol–water partition coefficient (Wildman–Crippen LogP) is 1.54. The van der Waals surface area contributed by atoms with Crippen LogP contribution in [0.1, 0.15) is 19.3 Å². The van der Waals surface area contributed by atoms with Crippen LogP contribution in [-0.2, 0) is 0 Å². The number of anilines is 1. The minimum Gasteiger partial charge on any atom is -0.307 e. The number of nitrogens with two attached hydrogens (primary N) is 1. The normalized spacial score (nSPS) is 15.2. The Morgan fingerprint density at radius 3 is 2.46 bits per heavy atom. The molecule has 5 heteroatoms. The van der Waals surface area contributed by atoms with E-state index in [-0.39, 0.29) is 0 Å². The molecule has 0 radical (unpaired) electrons. The molecule has 1 aromatic rings. The van der Waals surface area contributed by atoms with E-state index in [9.17, 15) is 0 Å². The number of nitrogens with zero attached hydrogens (tertiary/aromatic N) is 2. The molecule has 3 N–H and O–H groups in total. The lowest BCUT2D eigenvalue weighted by Crippen LogP contribution is -2.08. The molecule has 0 aromatic carbocycles. The van der Waals surface area contributed by atoms with Gasteiger partial charge in [-0.1, -0.05) is 6.42 Å². The minimum atomic E-state index is 0.537. The van der Waals surface area contributed by atoms with Crippen LogP contribution >= 0.6 is 11.6 Å². The van der Waals surface area contributed by atoms with Crippen molar-refractivity contribution in [2.45, 2.75) is 24.6 Å². The van der Waals surface area contributed by atoms with Crippen LogP contribution in [0, 0.1) is 0 Å². The van der Waals surface area contributed by atoms with Gasteiger partial charge >= 0.3 is 0 Å². The third-order valence-electron chi connectivity index (χ3n) is 1.75. The van der Waals surface area contributed by atoms with Crippen molar-refractivity contribution in [2.24, 2.45) is 5.84 Å². The first-order valence-electron chi connectivity index (χ1n) is 4.21. The zero-order chi connectivity index (χ0) is 9.52. The number of nitrogen functional groups attached to an aromatic ring is 1. The maximum Gasteiger partial charge on any atom is 0.162 e. The molecule has 0 atom stereocenters. The fraction of sp³-hybridized carbons (Fsp3) is 0.500. The standard InChI is InChI=1S/C4H7Cl.C4H6N4/c5-4-2-1-3-4;5-7-4-2-1-3-6-8-4/h4H,1-3H2;1-3H,5H2,(H,7,8). The monoisotopic (exact) mass is 200 g/mol. The summed E-state index contributed by atoms with van der Waals surface area (Å²) in [6.07, 6.45) is 5.44. The Labute approximate surface area is 82.5 Å². The van der Waals surface area contributed by atoms with Gasteiger partial charge in [-0.05, 0) is 25.0 Å². The molecule has 2 rings (SSSR count). The van der Waals surface area contributed by atoms with Gasteiger partial charge in [0.1, 0.15) is 0 Å². The van der Waals surface area contributed by atoms with Gasteiger partial charge in [-0.15, -0.1) is 16.7 Å². The van der Waals surface area contributed by atoms with E-state index < -0.39 is 0 Å². The number of halogens is 1. The number of aromatic nitrogens is 2. The van der Waals surface area contributed by atoms with E-state index in [0.717, 1.165) is 0 Å². The van der Waals surface area contributed by atoms with Gasteiger partial charge in [0.2, 0.25) is 0 Å². The average Bonchev–Trinajstić information content (AvgIpc) is 2.17. The highest BCUT2D eigenvalue weighted by Gasteiger charge is 2.11. The molecule has 0 saturated heterocycles. The van der Waals surface area contributed by atoms with Crippen molar-refractivity contribution in [2.75, 3.05) is 5.43 Å². The highest BCUT2D eigenvalue weighted by Crippen LogP contribution is 2.23. The maximum absolute atomic E-state index is 5.55. The molecular formula is C8H13ClN4. The molecule has 0 bridgehead atoms. The van der Waals surface area contributed by atoms with Crippen LogP contribution in [0.2, 0.25) is 0 Å². The smallest absolute Gasteiger partial charge is 0.162 e. The summed E-state index contributed by atoms with van der Waals surface area (Å²) in [6, 6.07) is 3.48. The second-order valence-electron chi connectivity index (χ2n) is 2.78. The van der Waals surface area contributed by atoms with Crippen molar-refractivity contribution in [3.8, 4) is 0 Å². The summed E-state index contributed by atoms with van der Waals surface area (Å²) >= 11 is 5.55. The van der Waals surface area contributed by atoms with Gasteiger partial charge in [0.25, 0.3) is 0 Å². The van der Waals surface area contributed by atoms with Crippen molar-refractivity contribution in [1.82, 2.24) is 10.2 Å². The van der Waals surface area contributed by atoms with Crippen LogP contribution in [0.15, 0.2) is 18.3 Å². The second kappa shape index (κ2) is 5.72. The summed E-state index contributed by atoms with van der Waals surface area (Å²) in [5.74, 6) is 5.57. The van der Waals surface area contributed by atoms with Gasteiger partial charge in [0, 0.05) is 11.6 Å². The summed E-state index contributed by atoms with van der Waals surface area (Å²) in [5.41, 5.74) is 2.35. The minimum absolute atomic E-state index is 0.537. The lowest BCUT2D eigenvalue weighted by molar-refractivity contribution is 0.514. The average molecular weight is 201 g/mol. The Morgan fingerprint density at radius 1 is 1.54 bits per heavy atom. The molecule has 0 spiro atoms. The molecule has 0 aliphatic heterocycles. The zero-order valence-corrected chi connectivity index (χ0v) is 8.04. The SMILES string of the molecule is ClC1CCC1.NNc1cccnn1. The lowest BCUT2D eigenvalue weighted by atomic mass is 10.0. The first-order chi connectivity index (χ1) is 6.33. The number of hydrogen-bond donors (Lipinski definition) is 2. The number of rotatable bonds is 1. The molecule has 1 aliphatic rings. The molecule has 4 nitrogen and oxygen atoms in total. The molecular weight excluding hydrogens is 188 g/mol. The Balaban J connectivity index is 0.000000145. The highest BCUT2D eigenvalue weighted by molar-refractivity contribution is 6.21. The quantitative estimate of drug-likeness (QED) is 0.410. The van der Waals surface area contributed by atoms with Gasteiger partial charge in [0.05, 0.1) is 0 Å². The largest absolute Gasteiger partial charge is 0.307 e. The summed E-state index contributed by atoms with van der Waals surface area (Å²) in [6.45, 7) is 0. The topological polar surface area (TPSA) is 63.8 Å². The van der Waals surface area contributed by atoms with Crippen LogP contribution in [0.25, 0.3) is 0 Å². The van der Waals surface area contributed by atoms with Crippen LogP contribution < -0.4 is 11.3 Å². The number of hydrazine groups is 1. The fourth-order valence-corrected chi connectivity index (χ4v) is 1.05. The Bertz CT molecular complexity index is 225. The van der Waals surface area contributed by atoms with Gasteiger partial charge < -0.3 is 5.43 Å². The summed E-state index contributed by atoms with van der Waals surface area (Å²) in [7, 11) is 0. The van der Waals surface area contributed by atoms with E-state index in [0.29, 0.717) is 11.2 Å². The predicted molar refractivity (Wildman–Crippen MR) is 53.3 cm³/mol.